The smallest absolute Gasteiger partial charge is 0.0426 e. The molecule has 2 fully saturated rings. The van der Waals surface area contributed by atoms with E-state index < -0.39 is 0 Å². The zero-order valence-corrected chi connectivity index (χ0v) is 11.8. The maximum Gasteiger partial charge on any atom is 0.0426 e. The first-order valence-electron chi connectivity index (χ1n) is 7.17. The first-order chi connectivity index (χ1) is 8.63. The number of nitrogens with zero attached hydrogens (tertiary/aromatic N) is 1. The summed E-state index contributed by atoms with van der Waals surface area (Å²) in [7, 11) is 0. The van der Waals surface area contributed by atoms with Gasteiger partial charge in [0.25, 0.3) is 0 Å². The lowest BCUT2D eigenvalue weighted by atomic mass is 9.85. The first kappa shape index (κ1) is 12.0. The van der Waals surface area contributed by atoms with E-state index in [1.807, 2.05) is 0 Å². The third-order valence-electron chi connectivity index (χ3n) is 4.44. The van der Waals surface area contributed by atoms with Crippen molar-refractivity contribution in [1.29, 1.82) is 0 Å². The highest BCUT2D eigenvalue weighted by atomic mass is 15.2. The van der Waals surface area contributed by atoms with Gasteiger partial charge in [-0.1, -0.05) is 17.7 Å². The average Bonchev–Trinajstić information content (AvgIpc) is 2.26. The maximum atomic E-state index is 3.57. The Bertz CT molecular complexity index is 417. The predicted molar refractivity (Wildman–Crippen MR) is 77.3 cm³/mol. The van der Waals surface area contributed by atoms with Crippen molar-refractivity contribution in [2.24, 2.45) is 11.8 Å². The number of fused-ring (bicyclic) bond motifs is 2. The topological polar surface area (TPSA) is 15.3 Å². The van der Waals surface area contributed by atoms with Gasteiger partial charge in [-0.05, 0) is 63.2 Å². The number of hydrogen-bond donors (Lipinski definition) is 1. The fourth-order valence-electron chi connectivity index (χ4n) is 3.96. The van der Waals surface area contributed by atoms with Crippen LogP contribution in [0.2, 0.25) is 0 Å². The molecule has 0 radical (unpaired) electrons. The van der Waals surface area contributed by atoms with Crippen molar-refractivity contribution in [3.05, 3.63) is 28.8 Å². The summed E-state index contributed by atoms with van der Waals surface area (Å²) in [6.45, 7) is 11.6. The van der Waals surface area contributed by atoms with Gasteiger partial charge < -0.3 is 10.2 Å². The van der Waals surface area contributed by atoms with Crippen molar-refractivity contribution in [3.63, 3.8) is 0 Å². The summed E-state index contributed by atoms with van der Waals surface area (Å²) >= 11 is 0. The Balaban J connectivity index is 1.91. The van der Waals surface area contributed by atoms with Crippen LogP contribution in [-0.4, -0.2) is 26.2 Å². The van der Waals surface area contributed by atoms with E-state index in [0.29, 0.717) is 0 Å². The molecule has 2 saturated heterocycles. The molecule has 3 rings (SSSR count). The van der Waals surface area contributed by atoms with Gasteiger partial charge in [0.15, 0.2) is 0 Å². The summed E-state index contributed by atoms with van der Waals surface area (Å²) in [5.74, 6) is 1.69. The van der Waals surface area contributed by atoms with Crippen LogP contribution >= 0.6 is 0 Å². The fraction of sp³-hybridized carbons (Fsp3) is 0.625. The summed E-state index contributed by atoms with van der Waals surface area (Å²) in [4.78, 5) is 2.64. The molecule has 2 aliphatic rings. The van der Waals surface area contributed by atoms with Crippen LogP contribution in [0.5, 0.6) is 0 Å². The van der Waals surface area contributed by atoms with Gasteiger partial charge in [-0.15, -0.1) is 0 Å². The van der Waals surface area contributed by atoms with Gasteiger partial charge in [0.2, 0.25) is 0 Å². The quantitative estimate of drug-likeness (QED) is 0.817. The Labute approximate surface area is 110 Å². The highest BCUT2D eigenvalue weighted by molar-refractivity contribution is 5.60. The van der Waals surface area contributed by atoms with Crippen molar-refractivity contribution < 1.29 is 0 Å². The molecule has 2 heteroatoms. The highest BCUT2D eigenvalue weighted by Gasteiger charge is 2.31. The molecular formula is C16H24N2. The molecule has 0 amide bonds. The van der Waals surface area contributed by atoms with Gasteiger partial charge in [-0.2, -0.15) is 0 Å². The van der Waals surface area contributed by atoms with E-state index in [9.17, 15) is 0 Å². The van der Waals surface area contributed by atoms with Crippen LogP contribution in [0.1, 0.15) is 23.1 Å². The van der Waals surface area contributed by atoms with Crippen molar-refractivity contribution in [2.75, 3.05) is 31.1 Å². The molecule has 1 N–H and O–H groups in total. The summed E-state index contributed by atoms with van der Waals surface area (Å²) in [5.41, 5.74) is 5.77. The number of anilines is 1. The molecule has 2 bridgehead atoms. The second-order valence-corrected chi connectivity index (χ2v) is 6.28. The van der Waals surface area contributed by atoms with Gasteiger partial charge in [-0.3, -0.25) is 0 Å². The number of aryl methyl sites for hydroxylation is 3. The molecule has 0 aliphatic carbocycles. The van der Waals surface area contributed by atoms with Gasteiger partial charge >= 0.3 is 0 Å². The first-order valence-corrected chi connectivity index (χ1v) is 7.17. The third kappa shape index (κ3) is 2.14. The Morgan fingerprint density at radius 2 is 1.56 bits per heavy atom. The van der Waals surface area contributed by atoms with Crippen LogP contribution in [-0.2, 0) is 0 Å². The zero-order chi connectivity index (χ0) is 12.7. The lowest BCUT2D eigenvalue weighted by molar-refractivity contribution is 0.249. The van der Waals surface area contributed by atoms with Crippen LogP contribution in [0.25, 0.3) is 0 Å². The number of benzene rings is 1. The second-order valence-electron chi connectivity index (χ2n) is 6.28. The van der Waals surface area contributed by atoms with Crippen LogP contribution < -0.4 is 10.2 Å². The molecule has 0 spiro atoms. The molecular weight excluding hydrogens is 220 g/mol. The SMILES string of the molecule is Cc1cc(C)c(N2CC3CNCC(C3)C2)c(C)c1. The van der Waals surface area contributed by atoms with Gasteiger partial charge in [0, 0.05) is 18.8 Å². The zero-order valence-electron chi connectivity index (χ0n) is 11.8. The van der Waals surface area contributed by atoms with E-state index in [0.717, 1.165) is 11.8 Å². The minimum Gasteiger partial charge on any atom is -0.370 e. The molecule has 2 atom stereocenters. The normalized spacial score (nSPS) is 27.4. The van der Waals surface area contributed by atoms with Crippen LogP contribution in [0.3, 0.4) is 0 Å². The van der Waals surface area contributed by atoms with Crippen molar-refractivity contribution >= 4 is 5.69 Å². The lowest BCUT2D eigenvalue weighted by Gasteiger charge is -2.43. The molecule has 18 heavy (non-hydrogen) atoms. The Morgan fingerprint density at radius 1 is 1.00 bits per heavy atom. The Hall–Kier alpha value is -1.02. The molecule has 2 heterocycles. The molecule has 2 nitrogen and oxygen atoms in total. The van der Waals surface area contributed by atoms with Gasteiger partial charge in [0.05, 0.1) is 0 Å². The van der Waals surface area contributed by atoms with E-state index in [1.165, 1.54) is 55.0 Å². The molecule has 2 aliphatic heterocycles. The minimum atomic E-state index is 0.845. The Morgan fingerprint density at radius 3 is 2.11 bits per heavy atom. The van der Waals surface area contributed by atoms with Crippen molar-refractivity contribution in [3.8, 4) is 0 Å². The minimum absolute atomic E-state index is 0.845. The van der Waals surface area contributed by atoms with E-state index in [4.69, 9.17) is 0 Å². The molecule has 1 aromatic carbocycles. The molecule has 1 aromatic rings. The Kier molecular flexibility index (Phi) is 3.06. The van der Waals surface area contributed by atoms with E-state index in [1.54, 1.807) is 0 Å². The van der Waals surface area contributed by atoms with Crippen molar-refractivity contribution in [2.45, 2.75) is 27.2 Å². The monoisotopic (exact) mass is 244 g/mol. The maximum absolute atomic E-state index is 3.57. The van der Waals surface area contributed by atoms with E-state index in [2.05, 4.69) is 43.1 Å². The van der Waals surface area contributed by atoms with Gasteiger partial charge in [-0.25, -0.2) is 0 Å². The largest absolute Gasteiger partial charge is 0.370 e. The summed E-state index contributed by atoms with van der Waals surface area (Å²) in [6, 6.07) is 4.65. The second kappa shape index (κ2) is 4.58. The number of rotatable bonds is 1. The third-order valence-corrected chi connectivity index (χ3v) is 4.44. The number of hydrogen-bond acceptors (Lipinski definition) is 2. The average molecular weight is 244 g/mol. The summed E-state index contributed by atoms with van der Waals surface area (Å²) < 4.78 is 0. The number of piperidine rings is 2. The predicted octanol–water partition coefficient (Wildman–Crippen LogP) is 2.66. The number of nitrogens with one attached hydrogen (secondary N) is 1. The molecule has 0 saturated carbocycles. The van der Waals surface area contributed by atoms with Crippen LogP contribution in [0.15, 0.2) is 12.1 Å². The molecule has 98 valence electrons. The van der Waals surface area contributed by atoms with Crippen LogP contribution in [0, 0.1) is 32.6 Å². The van der Waals surface area contributed by atoms with Gasteiger partial charge in [0.1, 0.15) is 0 Å². The van der Waals surface area contributed by atoms with E-state index >= 15 is 0 Å². The standard InChI is InChI=1S/C16H24N2/c1-11-4-12(2)16(13(3)5-11)18-9-14-6-15(10-18)8-17-7-14/h4-5,14-15,17H,6-10H2,1-3H3. The lowest BCUT2D eigenvalue weighted by Crippen LogP contribution is -2.51. The molecule has 0 aromatic heterocycles. The van der Waals surface area contributed by atoms with Crippen LogP contribution in [0.4, 0.5) is 5.69 Å². The summed E-state index contributed by atoms with van der Waals surface area (Å²) in [5, 5.41) is 3.57. The molecule has 2 unspecified atom stereocenters. The summed E-state index contributed by atoms with van der Waals surface area (Å²) in [6.07, 6.45) is 1.42. The van der Waals surface area contributed by atoms with Crippen molar-refractivity contribution in [1.82, 2.24) is 5.32 Å². The van der Waals surface area contributed by atoms with E-state index in [-0.39, 0.29) is 0 Å². The highest BCUT2D eigenvalue weighted by Crippen LogP contribution is 2.33. The fourth-order valence-corrected chi connectivity index (χ4v) is 3.96.